The first kappa shape index (κ1) is 62.0. The molecular formula is C42H75F9O9. The van der Waals surface area contributed by atoms with Crippen molar-refractivity contribution in [2.45, 2.75) is 213 Å². The molecule has 0 aliphatic rings. The summed E-state index contributed by atoms with van der Waals surface area (Å²) in [6, 6.07) is 0. The van der Waals surface area contributed by atoms with Crippen LogP contribution in [-0.4, -0.2) is 94.4 Å². The number of rotatable bonds is 33. The van der Waals surface area contributed by atoms with Crippen molar-refractivity contribution in [2.24, 2.45) is 0 Å². The van der Waals surface area contributed by atoms with E-state index in [2.05, 4.69) is 44.5 Å². The van der Waals surface area contributed by atoms with Crippen molar-refractivity contribution < 1.29 is 82.3 Å². The van der Waals surface area contributed by atoms with E-state index in [0.29, 0.717) is 32.1 Å². The fourth-order valence-corrected chi connectivity index (χ4v) is 5.03. The van der Waals surface area contributed by atoms with Crippen molar-refractivity contribution in [2.75, 3.05) is 39.6 Å². The van der Waals surface area contributed by atoms with Gasteiger partial charge in [-0.1, -0.05) is 137 Å². The molecule has 0 saturated heterocycles. The molecule has 3 unspecified atom stereocenters. The van der Waals surface area contributed by atoms with E-state index in [1.54, 1.807) is 6.92 Å². The molecule has 0 aliphatic heterocycles. The molecule has 60 heavy (non-hydrogen) atoms. The average Bonchev–Trinajstić information content (AvgIpc) is 3.16. The van der Waals surface area contributed by atoms with E-state index in [9.17, 15) is 53.9 Å². The largest absolute Gasteiger partial charge is 0.464 e. The Morgan fingerprint density at radius 3 is 0.867 bits per heavy atom. The average molecular weight is 895 g/mol. The third-order valence-electron chi connectivity index (χ3n) is 8.36. The van der Waals surface area contributed by atoms with Crippen molar-refractivity contribution in [3.05, 3.63) is 0 Å². The molecular weight excluding hydrogens is 819 g/mol. The van der Waals surface area contributed by atoms with Crippen molar-refractivity contribution in [1.82, 2.24) is 0 Å². The van der Waals surface area contributed by atoms with Crippen LogP contribution in [-0.2, 0) is 42.8 Å². The lowest BCUT2D eigenvalue weighted by atomic mass is 10.1. The van der Waals surface area contributed by atoms with Gasteiger partial charge >= 0.3 is 36.4 Å². The molecule has 0 heterocycles. The van der Waals surface area contributed by atoms with Gasteiger partial charge in [-0.3, -0.25) is 0 Å². The molecule has 0 saturated carbocycles. The van der Waals surface area contributed by atoms with E-state index in [0.717, 1.165) is 103 Å². The van der Waals surface area contributed by atoms with Crippen LogP contribution in [0.5, 0.6) is 0 Å². The van der Waals surface area contributed by atoms with Gasteiger partial charge in [0.15, 0.2) is 0 Å². The highest BCUT2D eigenvalue weighted by molar-refractivity contribution is 5.76. The summed E-state index contributed by atoms with van der Waals surface area (Å²) in [6.07, 6.45) is -2.76. The first-order valence-electron chi connectivity index (χ1n) is 21.8. The summed E-state index contributed by atoms with van der Waals surface area (Å²) in [7, 11) is 0. The topological polar surface area (TPSA) is 107 Å². The summed E-state index contributed by atoms with van der Waals surface area (Å²) in [5.41, 5.74) is 0. The normalized spacial score (nSPS) is 13.2. The summed E-state index contributed by atoms with van der Waals surface area (Å²) in [5, 5.41) is 0. The molecule has 0 bridgehead atoms. The highest BCUT2D eigenvalue weighted by Crippen LogP contribution is 2.27. The lowest BCUT2D eigenvalue weighted by molar-refractivity contribution is -0.231. The molecule has 0 aliphatic carbocycles. The molecule has 360 valence electrons. The number of carbonyl (C=O) groups excluding carboxylic acids is 3. The van der Waals surface area contributed by atoms with Crippen LogP contribution in [0.4, 0.5) is 39.5 Å². The number of ether oxygens (including phenoxy) is 6. The summed E-state index contributed by atoms with van der Waals surface area (Å²) < 4.78 is 141. The van der Waals surface area contributed by atoms with Gasteiger partial charge < -0.3 is 28.4 Å². The highest BCUT2D eigenvalue weighted by atomic mass is 19.4. The Morgan fingerprint density at radius 1 is 0.333 bits per heavy atom. The second-order valence-corrected chi connectivity index (χ2v) is 14.1. The van der Waals surface area contributed by atoms with E-state index < -0.39 is 54.7 Å². The van der Waals surface area contributed by atoms with Gasteiger partial charge in [0.2, 0.25) is 0 Å². The predicted octanol–water partition coefficient (Wildman–Crippen LogP) is 12.7. The highest BCUT2D eigenvalue weighted by Gasteiger charge is 2.49. The summed E-state index contributed by atoms with van der Waals surface area (Å²) in [5.74, 6) is -4.03. The molecule has 9 nitrogen and oxygen atoms in total. The van der Waals surface area contributed by atoms with Crippen LogP contribution in [0.3, 0.4) is 0 Å². The van der Waals surface area contributed by atoms with E-state index in [-0.39, 0.29) is 39.6 Å². The Kier molecular flexibility index (Phi) is 40.8. The first-order chi connectivity index (χ1) is 28.3. The minimum atomic E-state index is -4.72. The summed E-state index contributed by atoms with van der Waals surface area (Å²) >= 11 is 0. The Balaban J connectivity index is -0.000000813. The number of carbonyl (C=O) groups is 3. The number of hydrogen-bond donors (Lipinski definition) is 0. The molecule has 0 rings (SSSR count). The van der Waals surface area contributed by atoms with Crippen LogP contribution in [0.2, 0.25) is 0 Å². The number of hydrogen-bond acceptors (Lipinski definition) is 9. The zero-order valence-electron chi connectivity index (χ0n) is 36.9. The van der Waals surface area contributed by atoms with Gasteiger partial charge in [-0.15, -0.1) is 0 Å². The van der Waals surface area contributed by atoms with Crippen molar-refractivity contribution in [3.63, 3.8) is 0 Å². The van der Waals surface area contributed by atoms with Crippen LogP contribution in [0, 0.1) is 0 Å². The quantitative estimate of drug-likeness (QED) is 0.0275. The first-order valence-corrected chi connectivity index (χ1v) is 21.8. The maximum Gasteiger partial charge on any atom is 0.425 e. The van der Waals surface area contributed by atoms with Crippen LogP contribution in [0.25, 0.3) is 0 Å². The van der Waals surface area contributed by atoms with Gasteiger partial charge in [0, 0.05) is 19.8 Å². The Hall–Kier alpha value is -2.34. The third kappa shape index (κ3) is 37.4. The maximum atomic E-state index is 12.7. The smallest absolute Gasteiger partial charge is 0.425 e. The predicted molar refractivity (Wildman–Crippen MR) is 211 cm³/mol. The Morgan fingerprint density at radius 2 is 0.600 bits per heavy atom. The molecule has 0 radical (unpaired) electrons. The second kappa shape index (κ2) is 39.5. The van der Waals surface area contributed by atoms with Crippen LogP contribution < -0.4 is 0 Å². The molecule has 18 heteroatoms. The number of alkyl halides is 9. The molecule has 3 atom stereocenters. The monoisotopic (exact) mass is 895 g/mol. The molecule has 0 amide bonds. The minimum Gasteiger partial charge on any atom is -0.464 e. The minimum absolute atomic E-state index is 0.00227. The SMILES string of the molecule is CCCCCCCCOC(C(=O)OCC)C(F)(F)F.CCCCCCCCOC(C(=O)OCCC)C(F)(F)F.CCCCCCCCOC(C(=O)OCCCC)C(F)(F)F. The van der Waals surface area contributed by atoms with Crippen LogP contribution in [0.1, 0.15) is 176 Å². The van der Waals surface area contributed by atoms with Gasteiger partial charge in [0.05, 0.1) is 19.8 Å². The van der Waals surface area contributed by atoms with E-state index in [1.165, 1.54) is 6.92 Å². The fourth-order valence-electron chi connectivity index (χ4n) is 5.03. The number of unbranched alkanes of at least 4 members (excludes halogenated alkanes) is 16. The lowest BCUT2D eigenvalue weighted by Gasteiger charge is -2.19. The third-order valence-corrected chi connectivity index (χ3v) is 8.36. The van der Waals surface area contributed by atoms with Gasteiger partial charge in [0.25, 0.3) is 18.3 Å². The molecule has 0 aromatic carbocycles. The maximum absolute atomic E-state index is 12.7. The van der Waals surface area contributed by atoms with Crippen molar-refractivity contribution in [1.29, 1.82) is 0 Å². The molecule has 0 fully saturated rings. The van der Waals surface area contributed by atoms with Crippen LogP contribution in [0.15, 0.2) is 0 Å². The van der Waals surface area contributed by atoms with Gasteiger partial charge in [-0.05, 0) is 39.0 Å². The zero-order valence-corrected chi connectivity index (χ0v) is 36.9. The van der Waals surface area contributed by atoms with E-state index in [4.69, 9.17) is 4.74 Å². The molecule has 0 aromatic rings. The lowest BCUT2D eigenvalue weighted by Crippen LogP contribution is -2.40. The Bertz CT molecular complexity index is 1010. The molecule has 0 N–H and O–H groups in total. The second-order valence-electron chi connectivity index (χ2n) is 14.1. The number of halogens is 9. The van der Waals surface area contributed by atoms with Crippen molar-refractivity contribution >= 4 is 17.9 Å². The van der Waals surface area contributed by atoms with Gasteiger partial charge in [-0.25, -0.2) is 14.4 Å². The number of esters is 3. The van der Waals surface area contributed by atoms with Gasteiger partial charge in [-0.2, -0.15) is 39.5 Å². The van der Waals surface area contributed by atoms with Crippen LogP contribution >= 0.6 is 0 Å². The fraction of sp³-hybridized carbons (Fsp3) is 0.929. The summed E-state index contributed by atoms with van der Waals surface area (Å²) in [6.45, 7) is 11.0. The standard InChI is InChI=1S/C15H27F3O3.C14H25F3O3.C13H23F3O3/c1-3-5-7-8-9-10-12-20-13(15(16,17)18)14(19)21-11-6-4-2;1-3-5-6-7-8-9-11-19-12(14(15,16)17)13(18)20-10-4-2;1-3-5-6-7-8-9-10-19-11(13(14,15)16)12(17)18-4-2/h13H,3-12H2,1-2H3;12H,3-11H2,1-2H3;11H,3-10H2,1-2H3. The zero-order chi connectivity index (χ0) is 46.3. The summed E-state index contributed by atoms with van der Waals surface area (Å²) in [4.78, 5) is 33.8. The molecule has 0 spiro atoms. The Labute approximate surface area is 352 Å². The van der Waals surface area contributed by atoms with E-state index >= 15 is 0 Å². The van der Waals surface area contributed by atoms with Crippen molar-refractivity contribution in [3.8, 4) is 0 Å². The van der Waals surface area contributed by atoms with Gasteiger partial charge in [0.1, 0.15) is 0 Å². The molecule has 0 aromatic heterocycles. The van der Waals surface area contributed by atoms with E-state index in [1.807, 2.05) is 6.92 Å².